The highest BCUT2D eigenvalue weighted by Gasteiger charge is 2.29. The van der Waals surface area contributed by atoms with Gasteiger partial charge >= 0.3 is 0 Å². The zero-order valence-corrected chi connectivity index (χ0v) is 8.87. The summed E-state index contributed by atoms with van der Waals surface area (Å²) in [6.07, 6.45) is 7.15. The summed E-state index contributed by atoms with van der Waals surface area (Å²) in [5, 5.41) is 0.787. The summed E-state index contributed by atoms with van der Waals surface area (Å²) in [7, 11) is 0. The van der Waals surface area contributed by atoms with Gasteiger partial charge in [0.05, 0.1) is 5.02 Å². The Morgan fingerprint density at radius 2 is 2.21 bits per heavy atom. The van der Waals surface area contributed by atoms with Gasteiger partial charge in [0.25, 0.3) is 0 Å². The second-order valence-corrected chi connectivity index (χ2v) is 4.41. The van der Waals surface area contributed by atoms with E-state index in [1.54, 1.807) is 12.4 Å². The molecule has 2 atom stereocenters. The summed E-state index contributed by atoms with van der Waals surface area (Å²) >= 11 is 6.05. The number of nitrogens with two attached hydrogens (primary N) is 1. The van der Waals surface area contributed by atoms with Crippen molar-refractivity contribution in [1.82, 2.24) is 4.98 Å². The Kier molecular flexibility index (Phi) is 3.04. The van der Waals surface area contributed by atoms with Crippen LogP contribution in [-0.4, -0.2) is 11.5 Å². The molecule has 2 rings (SSSR count). The smallest absolute Gasteiger partial charge is 0.0621 e. The third kappa shape index (κ3) is 1.91. The Morgan fingerprint density at radius 1 is 1.43 bits per heavy atom. The van der Waals surface area contributed by atoms with Crippen molar-refractivity contribution in [3.8, 4) is 0 Å². The first-order valence-electron chi connectivity index (χ1n) is 5.09. The van der Waals surface area contributed by atoms with E-state index in [0.717, 1.165) is 23.9 Å². The number of aromatic nitrogens is 1. The molecule has 2 nitrogen and oxygen atoms in total. The maximum Gasteiger partial charge on any atom is 0.0621 e. The molecule has 2 unspecified atom stereocenters. The molecule has 0 bridgehead atoms. The Bertz CT molecular complexity index is 312. The summed E-state index contributed by atoms with van der Waals surface area (Å²) < 4.78 is 0. The zero-order valence-electron chi connectivity index (χ0n) is 8.12. The van der Waals surface area contributed by atoms with E-state index in [1.807, 2.05) is 6.07 Å². The van der Waals surface area contributed by atoms with Gasteiger partial charge in [-0.3, -0.25) is 4.98 Å². The van der Waals surface area contributed by atoms with Gasteiger partial charge in [0.15, 0.2) is 0 Å². The van der Waals surface area contributed by atoms with Gasteiger partial charge < -0.3 is 5.73 Å². The molecule has 1 aliphatic rings. The standard InChI is InChI=1S/C11H15ClN2/c12-11-7-14-4-3-9(11)5-8-1-2-10(8)6-13/h3-4,7-8,10H,1-2,5-6,13H2. The van der Waals surface area contributed by atoms with E-state index < -0.39 is 0 Å². The maximum atomic E-state index is 6.05. The molecule has 0 aromatic carbocycles. The van der Waals surface area contributed by atoms with Gasteiger partial charge in [0.2, 0.25) is 0 Å². The molecule has 3 heteroatoms. The van der Waals surface area contributed by atoms with Crippen LogP contribution in [0.5, 0.6) is 0 Å². The van der Waals surface area contributed by atoms with E-state index in [9.17, 15) is 0 Å². The van der Waals surface area contributed by atoms with E-state index in [0.29, 0.717) is 5.92 Å². The molecule has 0 spiro atoms. The van der Waals surface area contributed by atoms with Crippen LogP contribution in [0.1, 0.15) is 18.4 Å². The van der Waals surface area contributed by atoms with Crippen molar-refractivity contribution < 1.29 is 0 Å². The van der Waals surface area contributed by atoms with Crippen LogP contribution in [0.2, 0.25) is 5.02 Å². The van der Waals surface area contributed by atoms with Crippen molar-refractivity contribution in [2.75, 3.05) is 6.54 Å². The third-order valence-electron chi connectivity index (χ3n) is 3.22. The van der Waals surface area contributed by atoms with Crippen molar-refractivity contribution in [2.24, 2.45) is 17.6 Å². The number of hydrogen-bond acceptors (Lipinski definition) is 2. The predicted octanol–water partition coefficient (Wildman–Crippen LogP) is 2.26. The van der Waals surface area contributed by atoms with Crippen LogP contribution in [0.4, 0.5) is 0 Å². The van der Waals surface area contributed by atoms with Crippen LogP contribution in [-0.2, 0) is 6.42 Å². The summed E-state index contributed by atoms with van der Waals surface area (Å²) in [6.45, 7) is 0.813. The molecule has 1 aromatic heterocycles. The molecule has 1 aromatic rings. The van der Waals surface area contributed by atoms with Crippen molar-refractivity contribution in [3.05, 3.63) is 29.0 Å². The molecule has 1 heterocycles. The van der Waals surface area contributed by atoms with E-state index in [-0.39, 0.29) is 0 Å². The van der Waals surface area contributed by atoms with Crippen LogP contribution >= 0.6 is 11.6 Å². The molecule has 0 radical (unpaired) electrons. The predicted molar refractivity (Wildman–Crippen MR) is 58.2 cm³/mol. The first kappa shape index (κ1) is 9.94. The second-order valence-electron chi connectivity index (χ2n) is 4.00. The van der Waals surface area contributed by atoms with Crippen molar-refractivity contribution in [1.29, 1.82) is 0 Å². The molecule has 0 aliphatic heterocycles. The van der Waals surface area contributed by atoms with Gasteiger partial charge in [-0.1, -0.05) is 11.6 Å². The van der Waals surface area contributed by atoms with Gasteiger partial charge in [-0.25, -0.2) is 0 Å². The summed E-state index contributed by atoms with van der Waals surface area (Å²) in [5.41, 5.74) is 6.88. The summed E-state index contributed by atoms with van der Waals surface area (Å²) in [6, 6.07) is 2.01. The highest BCUT2D eigenvalue weighted by atomic mass is 35.5. The molecule has 1 saturated carbocycles. The Hall–Kier alpha value is -0.600. The second kappa shape index (κ2) is 4.28. The van der Waals surface area contributed by atoms with Crippen molar-refractivity contribution in [3.63, 3.8) is 0 Å². The lowest BCUT2D eigenvalue weighted by atomic mass is 9.71. The Balaban J connectivity index is 2.01. The van der Waals surface area contributed by atoms with Crippen LogP contribution in [0, 0.1) is 11.8 Å². The van der Waals surface area contributed by atoms with Gasteiger partial charge in [0.1, 0.15) is 0 Å². The normalized spacial score (nSPS) is 25.9. The lowest BCUT2D eigenvalue weighted by molar-refractivity contribution is 0.183. The molecular formula is C11H15ClN2. The minimum Gasteiger partial charge on any atom is -0.330 e. The summed E-state index contributed by atoms with van der Waals surface area (Å²) in [5.74, 6) is 1.44. The molecule has 1 aliphatic carbocycles. The van der Waals surface area contributed by atoms with Gasteiger partial charge in [0, 0.05) is 12.4 Å². The molecule has 76 valence electrons. The average molecular weight is 211 g/mol. The van der Waals surface area contributed by atoms with E-state index in [4.69, 9.17) is 17.3 Å². The first-order valence-corrected chi connectivity index (χ1v) is 5.47. The minimum absolute atomic E-state index is 0.708. The summed E-state index contributed by atoms with van der Waals surface area (Å²) in [4.78, 5) is 3.98. The van der Waals surface area contributed by atoms with Crippen LogP contribution in [0.15, 0.2) is 18.5 Å². The number of hydrogen-bond donors (Lipinski definition) is 1. The largest absolute Gasteiger partial charge is 0.330 e. The van der Waals surface area contributed by atoms with E-state index >= 15 is 0 Å². The average Bonchev–Trinajstić information content (AvgIpc) is 2.15. The minimum atomic E-state index is 0.708. The maximum absolute atomic E-state index is 6.05. The zero-order chi connectivity index (χ0) is 9.97. The van der Waals surface area contributed by atoms with E-state index in [2.05, 4.69) is 4.98 Å². The lowest BCUT2D eigenvalue weighted by Gasteiger charge is -2.36. The molecular weight excluding hydrogens is 196 g/mol. The molecule has 0 saturated heterocycles. The molecule has 2 N–H and O–H groups in total. The van der Waals surface area contributed by atoms with Crippen LogP contribution in [0.3, 0.4) is 0 Å². The fourth-order valence-electron chi connectivity index (χ4n) is 2.07. The number of rotatable bonds is 3. The van der Waals surface area contributed by atoms with Crippen LogP contribution < -0.4 is 5.73 Å². The highest BCUT2D eigenvalue weighted by Crippen LogP contribution is 2.36. The lowest BCUT2D eigenvalue weighted by Crippen LogP contribution is -2.33. The molecule has 1 fully saturated rings. The van der Waals surface area contributed by atoms with Gasteiger partial charge in [-0.2, -0.15) is 0 Å². The fourth-order valence-corrected chi connectivity index (χ4v) is 2.27. The fraction of sp³-hybridized carbons (Fsp3) is 0.545. The number of halogens is 1. The first-order chi connectivity index (χ1) is 6.81. The number of nitrogens with zero attached hydrogens (tertiary/aromatic N) is 1. The molecule has 0 amide bonds. The Morgan fingerprint density at radius 3 is 2.79 bits per heavy atom. The van der Waals surface area contributed by atoms with Gasteiger partial charge in [-0.05, 0) is 49.3 Å². The quantitative estimate of drug-likeness (QED) is 0.832. The van der Waals surface area contributed by atoms with E-state index in [1.165, 1.54) is 18.4 Å². The molecule has 14 heavy (non-hydrogen) atoms. The number of pyridine rings is 1. The Labute approximate surface area is 89.5 Å². The van der Waals surface area contributed by atoms with Crippen molar-refractivity contribution >= 4 is 11.6 Å². The third-order valence-corrected chi connectivity index (χ3v) is 3.56. The highest BCUT2D eigenvalue weighted by molar-refractivity contribution is 6.31. The SMILES string of the molecule is NCC1CCC1Cc1ccncc1Cl. The van der Waals surface area contributed by atoms with Gasteiger partial charge in [-0.15, -0.1) is 0 Å². The monoisotopic (exact) mass is 210 g/mol. The van der Waals surface area contributed by atoms with Crippen molar-refractivity contribution in [2.45, 2.75) is 19.3 Å². The topological polar surface area (TPSA) is 38.9 Å². The van der Waals surface area contributed by atoms with Crippen LogP contribution in [0.25, 0.3) is 0 Å².